The van der Waals surface area contributed by atoms with E-state index in [1.807, 2.05) is 6.07 Å². The standard InChI is InChI=1S/C23H23ClN4O6/c1-15(2)21(26-22(30)16-9-10-18(24)19(13-16)28(32)33)23(31)34-14-20(29)27(12-6-11-25)17-7-4-3-5-8-17/h3-5,7-10,13,15,21H,6,12,14H2,1-2H3,(H,26,30). The van der Waals surface area contributed by atoms with Crippen LogP contribution in [0.4, 0.5) is 11.4 Å². The molecular weight excluding hydrogens is 464 g/mol. The Labute approximate surface area is 201 Å². The number of halogens is 1. The summed E-state index contributed by atoms with van der Waals surface area (Å²) in [4.78, 5) is 49.7. The molecule has 0 fully saturated rings. The van der Waals surface area contributed by atoms with Crippen LogP contribution < -0.4 is 10.2 Å². The Morgan fingerprint density at radius 1 is 1.21 bits per heavy atom. The second-order valence-corrected chi connectivity index (χ2v) is 7.92. The fourth-order valence-electron chi connectivity index (χ4n) is 2.98. The molecule has 178 valence electrons. The summed E-state index contributed by atoms with van der Waals surface area (Å²) in [7, 11) is 0. The maximum absolute atomic E-state index is 12.7. The predicted octanol–water partition coefficient (Wildman–Crippen LogP) is 3.49. The van der Waals surface area contributed by atoms with Gasteiger partial charge in [0.25, 0.3) is 17.5 Å². The molecule has 1 atom stereocenters. The van der Waals surface area contributed by atoms with Crippen molar-refractivity contribution in [2.24, 2.45) is 5.92 Å². The lowest BCUT2D eigenvalue weighted by molar-refractivity contribution is -0.384. The Morgan fingerprint density at radius 2 is 1.88 bits per heavy atom. The highest BCUT2D eigenvalue weighted by Crippen LogP contribution is 2.25. The SMILES string of the molecule is CC(C)C(NC(=O)c1ccc(Cl)c([N+](=O)[O-])c1)C(=O)OCC(=O)N(CCC#N)c1ccccc1. The number of benzene rings is 2. The highest BCUT2D eigenvalue weighted by atomic mass is 35.5. The number of hydrogen-bond donors (Lipinski definition) is 1. The van der Waals surface area contributed by atoms with E-state index in [1.54, 1.807) is 44.2 Å². The molecule has 0 bridgehead atoms. The first kappa shape index (κ1) is 26.3. The van der Waals surface area contributed by atoms with Crippen LogP contribution in [0.1, 0.15) is 30.6 Å². The second-order valence-electron chi connectivity index (χ2n) is 7.52. The fraction of sp³-hybridized carbons (Fsp3) is 0.304. The summed E-state index contributed by atoms with van der Waals surface area (Å²) in [6.45, 7) is 2.87. The first-order valence-electron chi connectivity index (χ1n) is 10.3. The van der Waals surface area contributed by atoms with Crippen LogP contribution in [-0.2, 0) is 14.3 Å². The highest BCUT2D eigenvalue weighted by molar-refractivity contribution is 6.32. The molecule has 0 heterocycles. The van der Waals surface area contributed by atoms with Gasteiger partial charge in [-0.15, -0.1) is 0 Å². The van der Waals surface area contributed by atoms with Gasteiger partial charge in [0.1, 0.15) is 11.1 Å². The molecule has 1 unspecified atom stereocenters. The zero-order chi connectivity index (χ0) is 25.3. The fourth-order valence-corrected chi connectivity index (χ4v) is 3.17. The molecule has 0 aliphatic heterocycles. The summed E-state index contributed by atoms with van der Waals surface area (Å²) < 4.78 is 5.17. The molecule has 2 rings (SSSR count). The third kappa shape index (κ3) is 7.02. The molecule has 34 heavy (non-hydrogen) atoms. The molecule has 1 N–H and O–H groups in total. The molecule has 0 aromatic heterocycles. The summed E-state index contributed by atoms with van der Waals surface area (Å²) in [5, 5.41) is 22.3. The molecule has 0 spiro atoms. The second kappa shape index (κ2) is 12.3. The Morgan fingerprint density at radius 3 is 2.47 bits per heavy atom. The molecular formula is C23H23ClN4O6. The van der Waals surface area contributed by atoms with Crippen molar-refractivity contribution in [1.29, 1.82) is 5.26 Å². The summed E-state index contributed by atoms with van der Waals surface area (Å²) >= 11 is 5.77. The van der Waals surface area contributed by atoms with Crippen LogP contribution in [0.25, 0.3) is 0 Å². The molecule has 0 aliphatic rings. The number of nitrogens with zero attached hydrogens (tertiary/aromatic N) is 3. The van der Waals surface area contributed by atoms with Crippen molar-refractivity contribution in [1.82, 2.24) is 5.32 Å². The lowest BCUT2D eigenvalue weighted by atomic mass is 10.0. The number of ether oxygens (including phenoxy) is 1. The van der Waals surface area contributed by atoms with E-state index in [9.17, 15) is 24.5 Å². The summed E-state index contributed by atoms with van der Waals surface area (Å²) in [5.74, 6) is -2.51. The van der Waals surface area contributed by atoms with Crippen molar-refractivity contribution >= 4 is 40.8 Å². The number of anilines is 1. The number of hydrogen-bond acceptors (Lipinski definition) is 7. The highest BCUT2D eigenvalue weighted by Gasteiger charge is 2.28. The Balaban J connectivity index is 2.09. The third-order valence-electron chi connectivity index (χ3n) is 4.77. The molecule has 0 saturated carbocycles. The van der Waals surface area contributed by atoms with Gasteiger partial charge in [0, 0.05) is 23.9 Å². The number of amides is 2. The number of nitro benzene ring substituents is 1. The van der Waals surface area contributed by atoms with Gasteiger partial charge in [-0.2, -0.15) is 5.26 Å². The van der Waals surface area contributed by atoms with E-state index in [1.165, 1.54) is 17.0 Å². The van der Waals surface area contributed by atoms with Crippen LogP contribution in [0.5, 0.6) is 0 Å². The molecule has 0 radical (unpaired) electrons. The number of para-hydroxylation sites is 1. The zero-order valence-electron chi connectivity index (χ0n) is 18.6. The van der Waals surface area contributed by atoms with Crippen molar-refractivity contribution in [2.45, 2.75) is 26.3 Å². The van der Waals surface area contributed by atoms with E-state index in [-0.39, 0.29) is 23.6 Å². The minimum atomic E-state index is -1.11. The van der Waals surface area contributed by atoms with Crippen LogP contribution in [-0.4, -0.2) is 41.9 Å². The molecule has 0 saturated heterocycles. The first-order chi connectivity index (χ1) is 16.1. The van der Waals surface area contributed by atoms with Gasteiger partial charge in [-0.25, -0.2) is 4.79 Å². The zero-order valence-corrected chi connectivity index (χ0v) is 19.3. The average Bonchev–Trinajstić information content (AvgIpc) is 2.81. The van der Waals surface area contributed by atoms with Gasteiger partial charge in [0.2, 0.25) is 0 Å². The number of carbonyl (C=O) groups is 3. The summed E-state index contributed by atoms with van der Waals surface area (Å²) in [5.41, 5.74) is 0.0520. The molecule has 2 aromatic carbocycles. The van der Waals surface area contributed by atoms with Gasteiger partial charge in [-0.1, -0.05) is 43.6 Å². The molecule has 2 aromatic rings. The Bertz CT molecular complexity index is 1100. The number of nitriles is 1. The maximum Gasteiger partial charge on any atom is 0.329 e. The predicted molar refractivity (Wildman–Crippen MR) is 124 cm³/mol. The maximum atomic E-state index is 12.7. The van der Waals surface area contributed by atoms with Crippen molar-refractivity contribution in [3.63, 3.8) is 0 Å². The smallest absolute Gasteiger partial charge is 0.329 e. The van der Waals surface area contributed by atoms with Crippen molar-refractivity contribution in [3.05, 3.63) is 69.2 Å². The molecule has 10 nitrogen and oxygen atoms in total. The van der Waals surface area contributed by atoms with Crippen LogP contribution in [0, 0.1) is 27.4 Å². The van der Waals surface area contributed by atoms with E-state index in [4.69, 9.17) is 21.6 Å². The Kier molecular flexibility index (Phi) is 9.52. The number of rotatable bonds is 10. The average molecular weight is 487 g/mol. The topological polar surface area (TPSA) is 143 Å². The number of nitro groups is 1. The molecule has 11 heteroatoms. The minimum Gasteiger partial charge on any atom is -0.454 e. The largest absolute Gasteiger partial charge is 0.454 e. The van der Waals surface area contributed by atoms with Crippen molar-refractivity contribution in [3.8, 4) is 6.07 Å². The lowest BCUT2D eigenvalue weighted by Gasteiger charge is -2.24. The van der Waals surface area contributed by atoms with Crippen LogP contribution >= 0.6 is 11.6 Å². The van der Waals surface area contributed by atoms with E-state index in [0.29, 0.717) is 5.69 Å². The van der Waals surface area contributed by atoms with Crippen LogP contribution in [0.15, 0.2) is 48.5 Å². The van der Waals surface area contributed by atoms with Gasteiger partial charge in [-0.3, -0.25) is 19.7 Å². The van der Waals surface area contributed by atoms with E-state index in [2.05, 4.69) is 5.32 Å². The van der Waals surface area contributed by atoms with Gasteiger partial charge >= 0.3 is 5.97 Å². The van der Waals surface area contributed by atoms with Gasteiger partial charge in [0.15, 0.2) is 6.61 Å². The first-order valence-corrected chi connectivity index (χ1v) is 10.7. The van der Waals surface area contributed by atoms with E-state index < -0.39 is 47.0 Å². The summed E-state index contributed by atoms with van der Waals surface area (Å²) in [6.07, 6.45) is 0.0898. The van der Waals surface area contributed by atoms with Crippen molar-refractivity contribution < 1.29 is 24.0 Å². The van der Waals surface area contributed by atoms with Gasteiger partial charge in [0.05, 0.1) is 17.4 Å². The normalized spacial score (nSPS) is 11.3. The van der Waals surface area contributed by atoms with E-state index in [0.717, 1.165) is 6.07 Å². The lowest BCUT2D eigenvalue weighted by Crippen LogP contribution is -2.46. The molecule has 2 amide bonds. The quantitative estimate of drug-likeness (QED) is 0.307. The van der Waals surface area contributed by atoms with Crippen LogP contribution in [0.3, 0.4) is 0 Å². The number of nitrogens with one attached hydrogen (secondary N) is 1. The Hall–Kier alpha value is -3.97. The number of carbonyl (C=O) groups excluding carboxylic acids is 3. The number of esters is 1. The van der Waals surface area contributed by atoms with E-state index >= 15 is 0 Å². The molecule has 0 aliphatic carbocycles. The minimum absolute atomic E-state index is 0.0580. The van der Waals surface area contributed by atoms with Gasteiger partial charge < -0.3 is 15.0 Å². The monoisotopic (exact) mass is 486 g/mol. The third-order valence-corrected chi connectivity index (χ3v) is 5.09. The van der Waals surface area contributed by atoms with Crippen molar-refractivity contribution in [2.75, 3.05) is 18.1 Å². The van der Waals surface area contributed by atoms with Crippen LogP contribution in [0.2, 0.25) is 5.02 Å². The summed E-state index contributed by atoms with van der Waals surface area (Å²) in [6, 6.07) is 13.0. The van der Waals surface area contributed by atoms with Gasteiger partial charge in [-0.05, 0) is 30.2 Å².